The van der Waals surface area contributed by atoms with Crippen LogP contribution in [0.4, 0.5) is 23.1 Å². The predicted octanol–water partition coefficient (Wildman–Crippen LogP) is 2.99. The van der Waals surface area contributed by atoms with E-state index in [9.17, 15) is 31.2 Å². The maximum Gasteiger partial charge on any atom is 0.417 e. The number of hydrogen-bond acceptors (Lipinski definition) is 6. The summed E-state index contributed by atoms with van der Waals surface area (Å²) in [5.74, 6) is -0.571. The van der Waals surface area contributed by atoms with Crippen molar-refractivity contribution in [2.24, 2.45) is 0 Å². The van der Waals surface area contributed by atoms with Gasteiger partial charge in [-0.05, 0) is 19.1 Å². The number of benzene rings is 1. The highest BCUT2D eigenvalue weighted by Crippen LogP contribution is 2.43. The molecule has 1 aromatic carbocycles. The lowest BCUT2D eigenvalue weighted by Crippen LogP contribution is -2.40. The molecule has 13 heteroatoms. The average molecular weight is 464 g/mol. The Morgan fingerprint density at radius 2 is 2.03 bits per heavy atom. The van der Waals surface area contributed by atoms with Gasteiger partial charge in [-0.25, -0.2) is 23.3 Å². The van der Waals surface area contributed by atoms with Crippen molar-refractivity contribution in [2.45, 2.75) is 30.5 Å². The van der Waals surface area contributed by atoms with Gasteiger partial charge >= 0.3 is 23.3 Å². The highest BCUT2D eigenvalue weighted by Gasteiger charge is 2.38. The summed E-state index contributed by atoms with van der Waals surface area (Å²) in [7, 11) is -5.27. The van der Waals surface area contributed by atoms with Crippen LogP contribution in [0.1, 0.15) is 17.7 Å². The number of ether oxygens (including phenoxy) is 1. The fourth-order valence-corrected chi connectivity index (χ4v) is 5.49. The number of halogens is 3. The molecule has 2 unspecified atom stereocenters. The van der Waals surface area contributed by atoms with E-state index in [0.717, 1.165) is 12.1 Å². The van der Waals surface area contributed by atoms with E-state index < -0.39 is 55.0 Å². The molecule has 1 fully saturated rings. The number of amides is 2. The minimum absolute atomic E-state index is 0.0802. The largest absolute Gasteiger partial charge is 0.464 e. The first-order valence-corrected chi connectivity index (χ1v) is 11.7. The van der Waals surface area contributed by atoms with Crippen molar-refractivity contribution < 1.29 is 35.9 Å². The van der Waals surface area contributed by atoms with E-state index in [2.05, 4.69) is 15.6 Å². The van der Waals surface area contributed by atoms with Gasteiger partial charge in [-0.2, -0.15) is 18.2 Å². The van der Waals surface area contributed by atoms with Crippen LogP contribution in [0.15, 0.2) is 28.5 Å². The maximum absolute atomic E-state index is 13.5. The van der Waals surface area contributed by atoms with Crippen LogP contribution in [0.5, 0.6) is 0 Å². The Kier molecular flexibility index (Phi) is 5.78. The fourth-order valence-electron chi connectivity index (χ4n) is 2.83. The van der Waals surface area contributed by atoms with E-state index in [1.54, 1.807) is 12.3 Å². The average Bonchev–Trinajstić information content (AvgIpc) is 3.18. The fraction of sp³-hybridized carbons (Fsp3) is 0.353. The number of nitrogens with zero attached hydrogens (tertiary/aromatic N) is 1. The lowest BCUT2D eigenvalue weighted by molar-refractivity contribution is -0.140. The lowest BCUT2D eigenvalue weighted by atomic mass is 10.2. The van der Waals surface area contributed by atoms with Crippen molar-refractivity contribution >= 4 is 37.4 Å². The van der Waals surface area contributed by atoms with Crippen LogP contribution in [-0.4, -0.2) is 44.3 Å². The molecule has 1 aliphatic rings. The summed E-state index contributed by atoms with van der Waals surface area (Å²) < 4.78 is 68.6. The Hall–Kier alpha value is -2.67. The molecular weight excluding hydrogens is 447 g/mol. The number of alkyl halides is 3. The molecule has 2 heterocycles. The zero-order valence-electron chi connectivity index (χ0n) is 15.7. The van der Waals surface area contributed by atoms with Gasteiger partial charge in [-0.3, -0.25) is 0 Å². The molecule has 0 spiro atoms. The van der Waals surface area contributed by atoms with Crippen LogP contribution in [0.3, 0.4) is 0 Å². The van der Waals surface area contributed by atoms with Gasteiger partial charge in [0.15, 0.2) is 20.1 Å². The number of carbonyl (C=O) groups is 2. The number of anilines is 1. The van der Waals surface area contributed by atoms with Crippen LogP contribution in [0.25, 0.3) is 4.90 Å². The molecule has 0 bridgehead atoms. The molecule has 0 aliphatic carbocycles. The van der Waals surface area contributed by atoms with Crippen LogP contribution in [0, 0.1) is 6.92 Å². The predicted molar refractivity (Wildman–Crippen MR) is 102 cm³/mol. The number of thiazole rings is 1. The molecule has 2 N–H and O–H groups in total. The van der Waals surface area contributed by atoms with E-state index in [0.29, 0.717) is 18.4 Å². The molecule has 1 aromatic heterocycles. The molecule has 1 saturated heterocycles. The van der Waals surface area contributed by atoms with Gasteiger partial charge in [0, 0.05) is 18.7 Å². The number of hydrogen-bond donors (Lipinski definition) is 2. The smallest absolute Gasteiger partial charge is 0.417 e. The van der Waals surface area contributed by atoms with Crippen molar-refractivity contribution in [1.82, 2.24) is 10.3 Å². The topological polar surface area (TPSA) is 114 Å². The zero-order chi connectivity index (χ0) is 22.3. The molecule has 2 amide bonds. The lowest BCUT2D eigenvalue weighted by Gasteiger charge is -2.11. The first-order valence-electron chi connectivity index (χ1n) is 8.52. The number of sulfone groups is 1. The molecule has 2 atom stereocenters. The van der Waals surface area contributed by atoms with Crippen LogP contribution in [0.2, 0.25) is 0 Å². The number of aryl methyl sites for hydroxylation is 1. The van der Waals surface area contributed by atoms with Crippen molar-refractivity contribution in [1.29, 1.82) is 0 Å². The van der Waals surface area contributed by atoms with Crippen LogP contribution < -0.4 is 10.6 Å². The van der Waals surface area contributed by atoms with E-state index in [-0.39, 0.29) is 16.6 Å². The van der Waals surface area contributed by atoms with Gasteiger partial charge in [-0.15, -0.1) is 0 Å². The molecule has 1 aliphatic heterocycles. The normalized spacial score (nSPS) is 17.6. The van der Waals surface area contributed by atoms with Gasteiger partial charge in [0.25, 0.3) is 0 Å². The Bertz CT molecular complexity index is 1110. The van der Waals surface area contributed by atoms with Gasteiger partial charge in [0.2, 0.25) is 0 Å². The number of urea groups is 1. The maximum atomic E-state index is 13.5. The molecule has 30 heavy (non-hydrogen) atoms. The highest BCUT2D eigenvalue weighted by atomic mass is 32.2. The summed E-state index contributed by atoms with van der Waals surface area (Å²) in [6.45, 7) is 1.79. The van der Waals surface area contributed by atoms with Crippen LogP contribution in [-0.2, 0) is 25.5 Å². The molecule has 0 radical (unpaired) electrons. The Labute approximate surface area is 172 Å². The number of cyclic esters (lactones) is 1. The SMILES string of the molecule is Cc1c[s+](-c2ccc(S(C)(=O)=O)c(C(F)(F)F)c2)c(NC(=O)NC2CCOC2=O)n1. The molecule has 2 aromatic rings. The quantitative estimate of drug-likeness (QED) is 0.531. The minimum Gasteiger partial charge on any atom is -0.464 e. The standard InChI is InChI=1S/C17H16F3N3O5S2/c1-9-8-29(16(21-9)23-15(25)22-12-5-6-28-14(12)24)10-3-4-13(30(2,26)27)11(7-10)17(18,19)20/h3-4,7-8,12H,5-6H2,1-2H3,(H-,21,22,23,25)/p+1. The summed E-state index contributed by atoms with van der Waals surface area (Å²) in [4.78, 5) is 27.1. The summed E-state index contributed by atoms with van der Waals surface area (Å²) in [5.41, 5.74) is -0.819. The third kappa shape index (κ3) is 4.73. The Balaban J connectivity index is 1.95. The minimum atomic E-state index is -4.89. The van der Waals surface area contributed by atoms with E-state index >= 15 is 0 Å². The van der Waals surface area contributed by atoms with Gasteiger partial charge in [-0.1, -0.05) is 0 Å². The van der Waals surface area contributed by atoms with Gasteiger partial charge in [0.1, 0.15) is 6.04 Å². The molecule has 8 nitrogen and oxygen atoms in total. The second kappa shape index (κ2) is 7.87. The first kappa shape index (κ1) is 22.0. The number of nitrogens with one attached hydrogen (secondary N) is 2. The van der Waals surface area contributed by atoms with Crippen molar-refractivity contribution in [3.05, 3.63) is 34.8 Å². The van der Waals surface area contributed by atoms with E-state index in [1.807, 2.05) is 0 Å². The Morgan fingerprint density at radius 1 is 1.33 bits per heavy atom. The van der Waals surface area contributed by atoms with Gasteiger partial charge < -0.3 is 10.1 Å². The summed E-state index contributed by atoms with van der Waals surface area (Å²) in [6, 6.07) is 1.34. The van der Waals surface area contributed by atoms with Crippen molar-refractivity contribution in [3.63, 3.8) is 0 Å². The monoisotopic (exact) mass is 464 g/mol. The Morgan fingerprint density at radius 3 is 2.60 bits per heavy atom. The number of aromatic nitrogens is 1. The molecule has 3 rings (SSSR count). The molecular formula is C17H17F3N3O5S2+. The summed E-state index contributed by atoms with van der Waals surface area (Å²) >= 11 is 0. The number of esters is 1. The molecule has 162 valence electrons. The first-order chi connectivity index (χ1) is 13.9. The highest BCUT2D eigenvalue weighted by molar-refractivity contribution is 7.90. The molecule has 0 saturated carbocycles. The van der Waals surface area contributed by atoms with E-state index in [1.165, 1.54) is 6.07 Å². The third-order valence-electron chi connectivity index (χ3n) is 4.15. The zero-order valence-corrected chi connectivity index (χ0v) is 17.4. The summed E-state index contributed by atoms with van der Waals surface area (Å²) in [5, 5.41) is 6.53. The number of rotatable bonds is 4. The second-order valence-corrected chi connectivity index (χ2v) is 10.3. The van der Waals surface area contributed by atoms with E-state index in [4.69, 9.17) is 4.74 Å². The van der Waals surface area contributed by atoms with Crippen LogP contribution >= 0.6 is 10.5 Å². The third-order valence-corrected chi connectivity index (χ3v) is 7.25. The van der Waals surface area contributed by atoms with Crippen molar-refractivity contribution in [3.8, 4) is 4.90 Å². The summed E-state index contributed by atoms with van der Waals surface area (Å²) in [6.07, 6.45) is -3.88. The number of carbonyl (C=O) groups excluding carboxylic acids is 2. The second-order valence-electron chi connectivity index (χ2n) is 6.55. The van der Waals surface area contributed by atoms with Crippen molar-refractivity contribution in [2.75, 3.05) is 18.2 Å². The van der Waals surface area contributed by atoms with Gasteiger partial charge in [0.05, 0.1) is 33.2 Å².